The number of rotatable bonds is 6. The van der Waals surface area contributed by atoms with Crippen molar-refractivity contribution < 1.29 is 28.2 Å². The summed E-state index contributed by atoms with van der Waals surface area (Å²) >= 11 is 0. The zero-order chi connectivity index (χ0) is 20.5. The number of hydrogen-bond donors (Lipinski definition) is 0. The van der Waals surface area contributed by atoms with Crippen molar-refractivity contribution in [3.63, 3.8) is 0 Å². The fourth-order valence-electron chi connectivity index (χ4n) is 4.16. The molecule has 2 aromatic rings. The maximum Gasteiger partial charge on any atom is 0.203 e. The van der Waals surface area contributed by atoms with Crippen molar-refractivity contribution >= 4 is 0 Å². The van der Waals surface area contributed by atoms with Crippen molar-refractivity contribution in [1.29, 1.82) is 0 Å². The second kappa shape index (κ2) is 7.80. The van der Waals surface area contributed by atoms with E-state index in [-0.39, 0.29) is 6.04 Å². The van der Waals surface area contributed by atoms with Crippen molar-refractivity contribution in [3.05, 3.63) is 41.0 Å². The van der Waals surface area contributed by atoms with Crippen LogP contribution in [0.15, 0.2) is 24.3 Å². The number of ether oxygens (including phenoxy) is 5. The molecule has 1 aliphatic heterocycles. The summed E-state index contributed by atoms with van der Waals surface area (Å²) in [6.45, 7) is 1.00. The standard InChI is InChI=1S/C22H30NO5/c1-23(2)9-8-14-10-17(24-3)18(25-4)13-16(14)21(23)15-11-19(26-5)22(28-7)20(12-15)27-6/h10-13,21H,8-9H2,1-7H3/q+1/t21-/m1/s1. The van der Waals surface area contributed by atoms with Crippen molar-refractivity contribution in [2.75, 3.05) is 56.2 Å². The van der Waals surface area contributed by atoms with Gasteiger partial charge in [0, 0.05) is 17.5 Å². The van der Waals surface area contributed by atoms with Crippen molar-refractivity contribution in [2.24, 2.45) is 0 Å². The molecule has 0 N–H and O–H groups in total. The molecule has 2 aromatic carbocycles. The monoisotopic (exact) mass is 388 g/mol. The Morgan fingerprint density at radius 1 is 0.714 bits per heavy atom. The fraction of sp³-hybridized carbons (Fsp3) is 0.455. The maximum absolute atomic E-state index is 5.59. The normalized spacial score (nSPS) is 17.5. The number of methoxy groups -OCH3 is 5. The summed E-state index contributed by atoms with van der Waals surface area (Å²) in [7, 11) is 12.7. The third kappa shape index (κ3) is 3.33. The number of likely N-dealkylation sites (N-methyl/N-ethyl adjacent to an activating group) is 1. The second-order valence-corrected chi connectivity index (χ2v) is 7.52. The van der Waals surface area contributed by atoms with Gasteiger partial charge >= 0.3 is 0 Å². The van der Waals surface area contributed by atoms with Crippen LogP contribution < -0.4 is 23.7 Å². The Morgan fingerprint density at radius 3 is 1.75 bits per heavy atom. The number of quaternary nitrogens is 1. The minimum absolute atomic E-state index is 0.0947. The Labute approximate surface area is 167 Å². The van der Waals surface area contributed by atoms with E-state index in [1.165, 1.54) is 11.1 Å². The van der Waals surface area contributed by atoms with Crippen molar-refractivity contribution in [3.8, 4) is 28.7 Å². The first-order valence-electron chi connectivity index (χ1n) is 9.27. The van der Waals surface area contributed by atoms with E-state index in [4.69, 9.17) is 23.7 Å². The number of benzene rings is 2. The number of nitrogens with zero attached hydrogens (tertiary/aromatic N) is 1. The molecule has 0 fully saturated rings. The van der Waals surface area contributed by atoms with E-state index >= 15 is 0 Å². The van der Waals surface area contributed by atoms with Crippen LogP contribution in [0.1, 0.15) is 22.7 Å². The Hall–Kier alpha value is -2.60. The van der Waals surface area contributed by atoms with Crippen LogP contribution in [0.3, 0.4) is 0 Å². The van der Waals surface area contributed by atoms with E-state index in [0.29, 0.717) is 17.2 Å². The van der Waals surface area contributed by atoms with Gasteiger partial charge < -0.3 is 28.2 Å². The molecule has 28 heavy (non-hydrogen) atoms. The van der Waals surface area contributed by atoms with Crippen LogP contribution in [0.5, 0.6) is 28.7 Å². The first-order chi connectivity index (χ1) is 13.4. The lowest BCUT2D eigenvalue weighted by atomic mass is 9.86. The van der Waals surface area contributed by atoms with Gasteiger partial charge in [0.25, 0.3) is 0 Å². The highest BCUT2D eigenvalue weighted by Crippen LogP contribution is 2.47. The van der Waals surface area contributed by atoms with E-state index in [1.54, 1.807) is 35.5 Å². The Kier molecular flexibility index (Phi) is 5.61. The third-order valence-corrected chi connectivity index (χ3v) is 5.60. The van der Waals surface area contributed by atoms with Crippen LogP contribution >= 0.6 is 0 Å². The lowest BCUT2D eigenvalue weighted by Crippen LogP contribution is -2.48. The predicted octanol–water partition coefficient (Wildman–Crippen LogP) is 3.45. The first kappa shape index (κ1) is 20.1. The Bertz CT molecular complexity index is 837. The molecule has 6 nitrogen and oxygen atoms in total. The van der Waals surface area contributed by atoms with Gasteiger partial charge in [-0.15, -0.1) is 0 Å². The van der Waals surface area contributed by atoms with Gasteiger partial charge in [-0.05, 0) is 29.8 Å². The molecule has 0 spiro atoms. The van der Waals surface area contributed by atoms with Crippen molar-refractivity contribution in [1.82, 2.24) is 0 Å². The minimum Gasteiger partial charge on any atom is -0.493 e. The maximum atomic E-state index is 5.59. The van der Waals surface area contributed by atoms with E-state index in [1.807, 2.05) is 12.1 Å². The molecular weight excluding hydrogens is 358 g/mol. The summed E-state index contributed by atoms with van der Waals surface area (Å²) in [5.74, 6) is 3.41. The van der Waals surface area contributed by atoms with E-state index < -0.39 is 0 Å². The van der Waals surface area contributed by atoms with Crippen LogP contribution in [0.4, 0.5) is 0 Å². The average molecular weight is 388 g/mol. The predicted molar refractivity (Wildman–Crippen MR) is 108 cm³/mol. The molecule has 1 atom stereocenters. The van der Waals surface area contributed by atoms with Crippen molar-refractivity contribution in [2.45, 2.75) is 12.5 Å². The lowest BCUT2D eigenvalue weighted by molar-refractivity contribution is -0.917. The van der Waals surface area contributed by atoms with Crippen LogP contribution in [0, 0.1) is 0 Å². The Morgan fingerprint density at radius 2 is 1.25 bits per heavy atom. The minimum atomic E-state index is 0.0947. The summed E-state index contributed by atoms with van der Waals surface area (Å²) in [5, 5.41) is 0. The highest BCUT2D eigenvalue weighted by molar-refractivity contribution is 5.57. The second-order valence-electron chi connectivity index (χ2n) is 7.52. The quantitative estimate of drug-likeness (QED) is 0.710. The van der Waals surface area contributed by atoms with Gasteiger partial charge in [-0.1, -0.05) is 0 Å². The fourth-order valence-corrected chi connectivity index (χ4v) is 4.16. The average Bonchev–Trinajstić information content (AvgIpc) is 2.71. The van der Waals surface area contributed by atoms with Gasteiger partial charge in [-0.2, -0.15) is 0 Å². The zero-order valence-corrected chi connectivity index (χ0v) is 17.8. The molecule has 0 aliphatic carbocycles. The molecule has 3 rings (SSSR count). The molecular formula is C22H30NO5+. The molecule has 1 heterocycles. The highest BCUT2D eigenvalue weighted by Gasteiger charge is 2.39. The lowest BCUT2D eigenvalue weighted by Gasteiger charge is -2.43. The van der Waals surface area contributed by atoms with Crippen LogP contribution in [-0.4, -0.2) is 60.7 Å². The topological polar surface area (TPSA) is 46.2 Å². The molecule has 0 amide bonds. The molecule has 152 valence electrons. The number of hydrogen-bond acceptors (Lipinski definition) is 5. The van der Waals surface area contributed by atoms with E-state index in [0.717, 1.165) is 34.5 Å². The van der Waals surface area contributed by atoms with Gasteiger partial charge in [0.05, 0.1) is 56.2 Å². The molecule has 0 radical (unpaired) electrons. The molecule has 1 aliphatic rings. The van der Waals surface area contributed by atoms with Gasteiger partial charge in [0.15, 0.2) is 23.0 Å². The van der Waals surface area contributed by atoms with Gasteiger partial charge in [-0.25, -0.2) is 0 Å². The first-order valence-corrected chi connectivity index (χ1v) is 9.27. The Balaban J connectivity index is 2.24. The summed E-state index contributed by atoms with van der Waals surface area (Å²) < 4.78 is 28.6. The summed E-state index contributed by atoms with van der Waals surface area (Å²) in [6, 6.07) is 8.37. The molecule has 0 saturated carbocycles. The van der Waals surface area contributed by atoms with Gasteiger partial charge in [-0.3, -0.25) is 0 Å². The smallest absolute Gasteiger partial charge is 0.203 e. The van der Waals surface area contributed by atoms with Gasteiger partial charge in [0.1, 0.15) is 6.04 Å². The summed E-state index contributed by atoms with van der Waals surface area (Å²) in [6.07, 6.45) is 0.976. The molecule has 0 aromatic heterocycles. The third-order valence-electron chi connectivity index (χ3n) is 5.60. The summed E-state index contributed by atoms with van der Waals surface area (Å²) in [4.78, 5) is 0. The van der Waals surface area contributed by atoms with Crippen LogP contribution in [0.2, 0.25) is 0 Å². The molecule has 0 bridgehead atoms. The highest BCUT2D eigenvalue weighted by atomic mass is 16.5. The van der Waals surface area contributed by atoms with E-state index in [9.17, 15) is 0 Å². The van der Waals surface area contributed by atoms with E-state index in [2.05, 4.69) is 26.2 Å². The van der Waals surface area contributed by atoms with Crippen LogP contribution in [0.25, 0.3) is 0 Å². The van der Waals surface area contributed by atoms with Gasteiger partial charge in [0.2, 0.25) is 5.75 Å². The summed E-state index contributed by atoms with van der Waals surface area (Å²) in [5.41, 5.74) is 3.60. The SMILES string of the molecule is COc1cc2c(cc1OC)[C@@H](c1cc(OC)c(OC)c(OC)c1)[N+](C)(C)CC2. The number of fused-ring (bicyclic) bond motifs is 1. The zero-order valence-electron chi connectivity index (χ0n) is 17.8. The van der Waals surface area contributed by atoms with Crippen LogP contribution in [-0.2, 0) is 6.42 Å². The molecule has 6 heteroatoms. The molecule has 0 unspecified atom stereocenters. The largest absolute Gasteiger partial charge is 0.493 e. The molecule has 0 saturated heterocycles.